The van der Waals surface area contributed by atoms with Gasteiger partial charge in [0.1, 0.15) is 19.3 Å². The summed E-state index contributed by atoms with van der Waals surface area (Å²) >= 11 is 0. The second-order valence-corrected chi connectivity index (χ2v) is 12.7. The summed E-state index contributed by atoms with van der Waals surface area (Å²) in [5, 5.41) is 3.00. The summed E-state index contributed by atoms with van der Waals surface area (Å²) in [7, 11) is 3.63. The molecule has 3 amide bonds. The lowest BCUT2D eigenvalue weighted by Crippen LogP contribution is -2.62. The maximum Gasteiger partial charge on any atom is 0.416 e. The molecule has 43 heavy (non-hydrogen) atoms. The second-order valence-electron chi connectivity index (χ2n) is 12.7. The van der Waals surface area contributed by atoms with Gasteiger partial charge in [0.2, 0.25) is 5.91 Å². The predicted molar refractivity (Wildman–Crippen MR) is 173 cm³/mol. The van der Waals surface area contributed by atoms with E-state index in [1.54, 1.807) is 0 Å². The molecule has 9 heteroatoms. The average Bonchev–Trinajstić information content (AvgIpc) is 2.99. The Morgan fingerprint density at radius 1 is 0.791 bits per heavy atom. The topological polar surface area (TPSA) is 94.2 Å². The summed E-state index contributed by atoms with van der Waals surface area (Å²) in [5.41, 5.74) is 0. The largest absolute Gasteiger partial charge is 0.447 e. The van der Waals surface area contributed by atoms with Crippen molar-refractivity contribution in [2.45, 2.75) is 155 Å². The summed E-state index contributed by atoms with van der Waals surface area (Å²) in [6.07, 6.45) is 21.8. The van der Waals surface area contributed by atoms with Gasteiger partial charge in [-0.15, -0.1) is 0 Å². The molecule has 1 saturated heterocycles. The summed E-state index contributed by atoms with van der Waals surface area (Å²) in [6, 6.07) is 0. The van der Waals surface area contributed by atoms with E-state index in [0.717, 1.165) is 61.0 Å². The number of amides is 3. The highest BCUT2D eigenvalue weighted by atomic mass is 16.6. The number of quaternary nitrogens is 1. The molecule has 3 atom stereocenters. The van der Waals surface area contributed by atoms with Gasteiger partial charge in [-0.25, -0.2) is 14.5 Å². The van der Waals surface area contributed by atoms with Crippen LogP contribution in [-0.2, 0) is 19.0 Å². The third-order valence-electron chi connectivity index (χ3n) is 9.12. The third kappa shape index (κ3) is 17.9. The summed E-state index contributed by atoms with van der Waals surface area (Å²) in [4.78, 5) is 38.3. The first kappa shape index (κ1) is 39.2. The van der Waals surface area contributed by atoms with Crippen LogP contribution in [0.25, 0.3) is 0 Å². The van der Waals surface area contributed by atoms with Crippen molar-refractivity contribution in [3.63, 3.8) is 0 Å². The normalized spacial score (nSPS) is 19.0. The lowest BCUT2D eigenvalue weighted by atomic mass is 10.0. The van der Waals surface area contributed by atoms with Crippen molar-refractivity contribution in [3.8, 4) is 0 Å². The van der Waals surface area contributed by atoms with Gasteiger partial charge in [0.25, 0.3) is 0 Å². The number of hydrogen-bond donors (Lipinski definition) is 1. The zero-order valence-electron chi connectivity index (χ0n) is 28.5. The van der Waals surface area contributed by atoms with E-state index in [2.05, 4.69) is 26.2 Å². The molecular weight excluding hydrogens is 546 g/mol. The molecule has 1 N–H and O–H groups in total. The number of ether oxygens (including phenoxy) is 3. The number of alkyl carbamates (subject to hydrolysis) is 1. The molecular formula is C34H66N3O6+. The van der Waals surface area contributed by atoms with E-state index in [0.29, 0.717) is 6.54 Å². The highest BCUT2D eigenvalue weighted by Gasteiger charge is 2.35. The minimum atomic E-state index is -0.682. The number of nitrogens with zero attached hydrogens (tertiary/aromatic N) is 2. The number of methoxy groups -OCH3 is 1. The Kier molecular flexibility index (Phi) is 22.3. The van der Waals surface area contributed by atoms with Crippen LogP contribution in [0, 0.1) is 0 Å². The van der Waals surface area contributed by atoms with Crippen LogP contribution in [0.2, 0.25) is 0 Å². The maximum atomic E-state index is 12.6. The fourth-order valence-electron chi connectivity index (χ4n) is 5.85. The molecule has 0 bridgehead atoms. The fourth-order valence-corrected chi connectivity index (χ4v) is 5.85. The van der Waals surface area contributed by atoms with Crippen molar-refractivity contribution < 1.29 is 33.1 Å². The Labute approximate surface area is 263 Å². The molecule has 252 valence electrons. The van der Waals surface area contributed by atoms with Gasteiger partial charge in [-0.05, 0) is 26.2 Å². The molecule has 0 saturated carbocycles. The van der Waals surface area contributed by atoms with Crippen LogP contribution in [0.15, 0.2) is 0 Å². The van der Waals surface area contributed by atoms with E-state index < -0.39 is 18.3 Å². The number of unbranched alkanes of at least 4 members (excludes halogenated alkanes) is 15. The van der Waals surface area contributed by atoms with Gasteiger partial charge in [-0.3, -0.25) is 10.1 Å². The lowest BCUT2D eigenvalue weighted by molar-refractivity contribution is -0.938. The van der Waals surface area contributed by atoms with Crippen molar-refractivity contribution in [2.24, 2.45) is 0 Å². The van der Waals surface area contributed by atoms with Crippen molar-refractivity contribution in [1.82, 2.24) is 10.2 Å². The first-order valence-electron chi connectivity index (χ1n) is 17.5. The Hall–Kier alpha value is -1.87. The van der Waals surface area contributed by atoms with E-state index >= 15 is 0 Å². The zero-order chi connectivity index (χ0) is 31.8. The van der Waals surface area contributed by atoms with E-state index in [1.165, 1.54) is 97.5 Å². The molecule has 1 heterocycles. The molecule has 1 rings (SSSR count). The highest BCUT2D eigenvalue weighted by Crippen LogP contribution is 2.22. The Morgan fingerprint density at radius 2 is 1.30 bits per heavy atom. The van der Waals surface area contributed by atoms with Crippen LogP contribution < -0.4 is 5.32 Å². The van der Waals surface area contributed by atoms with Gasteiger partial charge >= 0.3 is 12.2 Å². The van der Waals surface area contributed by atoms with Crippen molar-refractivity contribution in [3.05, 3.63) is 0 Å². The van der Waals surface area contributed by atoms with Crippen LogP contribution in [0.4, 0.5) is 9.59 Å². The number of piperidine rings is 1. The smallest absolute Gasteiger partial charge is 0.416 e. The van der Waals surface area contributed by atoms with Crippen LogP contribution in [0.3, 0.4) is 0 Å². The Balaban J connectivity index is 2.16. The predicted octanol–water partition coefficient (Wildman–Crippen LogP) is 7.95. The number of imide groups is 1. The Bertz CT molecular complexity index is 752. The monoisotopic (exact) mass is 612 g/mol. The van der Waals surface area contributed by atoms with Gasteiger partial charge < -0.3 is 18.7 Å². The SMILES string of the molecule is CCCCCCCCCCCCCCCCCCN(C(C)=O)C(=O)OCC(COC(=O)NC1CCCC[N+]1(C)CC)OC. The molecule has 0 spiro atoms. The number of hydrogen-bond acceptors (Lipinski definition) is 6. The molecule has 0 aromatic heterocycles. The molecule has 3 unspecified atom stereocenters. The number of rotatable bonds is 24. The second kappa shape index (κ2) is 24.5. The van der Waals surface area contributed by atoms with Crippen LogP contribution in [0.5, 0.6) is 0 Å². The van der Waals surface area contributed by atoms with Gasteiger partial charge in [-0.1, -0.05) is 103 Å². The Morgan fingerprint density at radius 3 is 1.79 bits per heavy atom. The molecule has 0 aromatic rings. The van der Waals surface area contributed by atoms with Crippen molar-refractivity contribution in [2.75, 3.05) is 47.0 Å². The minimum absolute atomic E-state index is 0.0266. The standard InChI is InChI=1S/C34H65N3O6/c1-6-8-9-10-11-12-13-14-15-16-17-18-19-20-21-23-26-36(30(3)38)34(40)43-29-31(41-5)28-42-33(39)35-32-25-22-24-27-37(32,4)7-2/h31-32H,6-29H2,1-5H3/p+1. The first-order chi connectivity index (χ1) is 20.8. The molecule has 0 radical (unpaired) electrons. The zero-order valence-corrected chi connectivity index (χ0v) is 28.5. The summed E-state index contributed by atoms with van der Waals surface area (Å²) in [5.74, 6) is -0.333. The summed E-state index contributed by atoms with van der Waals surface area (Å²) < 4.78 is 16.9. The molecule has 9 nitrogen and oxygen atoms in total. The third-order valence-corrected chi connectivity index (χ3v) is 9.12. The summed E-state index contributed by atoms with van der Waals surface area (Å²) in [6.45, 7) is 7.95. The van der Waals surface area contributed by atoms with Crippen molar-refractivity contribution >= 4 is 18.1 Å². The van der Waals surface area contributed by atoms with E-state index in [9.17, 15) is 14.4 Å². The number of likely N-dealkylation sites (tertiary alicyclic amines) is 1. The van der Waals surface area contributed by atoms with Gasteiger partial charge in [-0.2, -0.15) is 0 Å². The lowest BCUT2D eigenvalue weighted by Gasteiger charge is -2.43. The van der Waals surface area contributed by atoms with Gasteiger partial charge in [0, 0.05) is 27.0 Å². The van der Waals surface area contributed by atoms with E-state index in [4.69, 9.17) is 14.2 Å². The van der Waals surface area contributed by atoms with Crippen LogP contribution in [0.1, 0.15) is 143 Å². The average molecular weight is 613 g/mol. The van der Waals surface area contributed by atoms with E-state index in [-0.39, 0.29) is 25.3 Å². The minimum Gasteiger partial charge on any atom is -0.447 e. The molecule has 1 aliphatic heterocycles. The van der Waals surface area contributed by atoms with Gasteiger partial charge in [0.05, 0.1) is 20.1 Å². The number of carbonyl (C=O) groups is 3. The van der Waals surface area contributed by atoms with Crippen LogP contribution >= 0.6 is 0 Å². The molecule has 0 aromatic carbocycles. The van der Waals surface area contributed by atoms with Crippen molar-refractivity contribution in [1.29, 1.82) is 0 Å². The van der Waals surface area contributed by atoms with Crippen LogP contribution in [-0.4, -0.2) is 86.8 Å². The number of carbonyl (C=O) groups excluding carboxylic acids is 3. The molecule has 0 aliphatic carbocycles. The van der Waals surface area contributed by atoms with E-state index in [1.807, 2.05) is 0 Å². The fraction of sp³-hybridized carbons (Fsp3) is 0.912. The first-order valence-corrected chi connectivity index (χ1v) is 17.5. The van der Waals surface area contributed by atoms with Gasteiger partial charge in [0.15, 0.2) is 6.17 Å². The maximum absolute atomic E-state index is 12.6. The molecule has 1 aliphatic rings. The highest BCUT2D eigenvalue weighted by molar-refractivity contribution is 5.90. The molecule has 1 fully saturated rings. The quantitative estimate of drug-likeness (QED) is 0.0878. The number of nitrogens with one attached hydrogen (secondary N) is 1.